The quantitative estimate of drug-likeness (QED) is 0.819. The monoisotopic (exact) mass is 291 g/mol. The molecule has 0 aliphatic carbocycles. The Kier molecular flexibility index (Phi) is 5.38. The molecule has 0 atom stereocenters. The van der Waals surface area contributed by atoms with Crippen LogP contribution in [0.3, 0.4) is 0 Å². The van der Waals surface area contributed by atoms with Gasteiger partial charge in [0.2, 0.25) is 0 Å². The number of nitrogens with two attached hydrogens (primary N) is 1. The number of thiocarbonyl (C=S) groups is 1. The zero-order chi connectivity index (χ0) is 14.5. The maximum Gasteiger partial charge on any atom is 0.106 e. The number of nitrogens with zero attached hydrogens (tertiary/aromatic N) is 1. The topological polar surface area (TPSA) is 41.3 Å². The first-order valence-corrected chi connectivity index (χ1v) is 7.90. The number of rotatable bonds is 5. The Morgan fingerprint density at radius 2 is 2.10 bits per heavy atom. The molecule has 0 saturated carbocycles. The third kappa shape index (κ3) is 3.93. The van der Waals surface area contributed by atoms with Crippen LogP contribution in [0.2, 0.25) is 0 Å². The number of likely N-dealkylation sites (tertiary alicyclic amines) is 1. The summed E-state index contributed by atoms with van der Waals surface area (Å²) < 4.78 is 0. The van der Waals surface area contributed by atoms with Gasteiger partial charge in [-0.3, -0.25) is 0 Å². The van der Waals surface area contributed by atoms with Crippen molar-refractivity contribution in [3.63, 3.8) is 0 Å². The van der Waals surface area contributed by atoms with E-state index >= 15 is 0 Å². The largest absolute Gasteiger partial charge is 0.389 e. The average molecular weight is 291 g/mol. The lowest BCUT2D eigenvalue weighted by Crippen LogP contribution is -2.39. The molecule has 0 radical (unpaired) electrons. The summed E-state index contributed by atoms with van der Waals surface area (Å²) in [7, 11) is 0. The Bertz CT molecular complexity index is 465. The number of nitrogens with one attached hydrogen (secondary N) is 1. The fourth-order valence-electron chi connectivity index (χ4n) is 2.83. The second-order valence-electron chi connectivity index (χ2n) is 5.67. The molecule has 20 heavy (non-hydrogen) atoms. The first-order valence-electron chi connectivity index (χ1n) is 7.49. The molecule has 1 aromatic carbocycles. The van der Waals surface area contributed by atoms with E-state index in [2.05, 4.69) is 36.2 Å². The van der Waals surface area contributed by atoms with E-state index < -0.39 is 0 Å². The van der Waals surface area contributed by atoms with Crippen LogP contribution in [-0.4, -0.2) is 35.6 Å². The molecule has 0 unspecified atom stereocenters. The van der Waals surface area contributed by atoms with Gasteiger partial charge in [0.05, 0.1) is 0 Å². The second kappa shape index (κ2) is 7.04. The summed E-state index contributed by atoms with van der Waals surface area (Å²) in [6, 6.07) is 6.75. The molecule has 1 fully saturated rings. The van der Waals surface area contributed by atoms with Crippen LogP contribution in [0.15, 0.2) is 18.2 Å². The van der Waals surface area contributed by atoms with Crippen molar-refractivity contribution in [2.24, 2.45) is 5.73 Å². The number of hydrogen-bond acceptors (Lipinski definition) is 3. The van der Waals surface area contributed by atoms with Crippen LogP contribution in [0.4, 0.5) is 5.69 Å². The summed E-state index contributed by atoms with van der Waals surface area (Å²) >= 11 is 5.14. The smallest absolute Gasteiger partial charge is 0.106 e. The Morgan fingerprint density at radius 1 is 1.40 bits per heavy atom. The minimum Gasteiger partial charge on any atom is -0.389 e. The summed E-state index contributed by atoms with van der Waals surface area (Å²) in [4.78, 5) is 3.01. The number of anilines is 1. The molecule has 0 aromatic heterocycles. The van der Waals surface area contributed by atoms with E-state index in [0.29, 0.717) is 11.0 Å². The van der Waals surface area contributed by atoms with Crippen LogP contribution >= 0.6 is 12.2 Å². The SMILES string of the molecule is CCCN1CCC(Nc2cc(C)ccc2C(N)=S)CC1. The third-order valence-electron chi connectivity index (χ3n) is 3.93. The molecule has 0 spiro atoms. The molecular formula is C16H25N3S. The third-order valence-corrected chi connectivity index (χ3v) is 4.15. The van der Waals surface area contributed by atoms with Gasteiger partial charge in [0.15, 0.2) is 0 Å². The van der Waals surface area contributed by atoms with Crippen LogP contribution in [0.25, 0.3) is 0 Å². The second-order valence-corrected chi connectivity index (χ2v) is 6.11. The highest BCUT2D eigenvalue weighted by Crippen LogP contribution is 2.22. The van der Waals surface area contributed by atoms with Gasteiger partial charge in [-0.2, -0.15) is 0 Å². The summed E-state index contributed by atoms with van der Waals surface area (Å²) in [5.41, 5.74) is 9.10. The molecule has 1 heterocycles. The van der Waals surface area contributed by atoms with Crippen molar-refractivity contribution < 1.29 is 0 Å². The predicted octanol–water partition coefficient (Wildman–Crippen LogP) is 2.92. The zero-order valence-electron chi connectivity index (χ0n) is 12.5. The first kappa shape index (κ1) is 15.3. The van der Waals surface area contributed by atoms with Crippen LogP contribution in [-0.2, 0) is 0 Å². The van der Waals surface area contributed by atoms with E-state index in [1.54, 1.807) is 0 Å². The number of piperidine rings is 1. The summed E-state index contributed by atoms with van der Waals surface area (Å²) in [6.07, 6.45) is 3.61. The Hall–Kier alpha value is -1.13. The van der Waals surface area contributed by atoms with Gasteiger partial charge in [-0.15, -0.1) is 0 Å². The van der Waals surface area contributed by atoms with Crippen molar-refractivity contribution in [2.75, 3.05) is 25.0 Å². The number of benzene rings is 1. The molecule has 1 aliphatic heterocycles. The van der Waals surface area contributed by atoms with Gasteiger partial charge < -0.3 is 16.0 Å². The van der Waals surface area contributed by atoms with E-state index in [9.17, 15) is 0 Å². The molecule has 2 rings (SSSR count). The predicted molar refractivity (Wildman–Crippen MR) is 90.4 cm³/mol. The summed E-state index contributed by atoms with van der Waals surface area (Å²) in [5.74, 6) is 0. The molecule has 1 aromatic rings. The molecule has 3 nitrogen and oxygen atoms in total. The van der Waals surface area contributed by atoms with Crippen LogP contribution < -0.4 is 11.1 Å². The average Bonchev–Trinajstić information content (AvgIpc) is 2.41. The lowest BCUT2D eigenvalue weighted by atomic mass is 10.0. The van der Waals surface area contributed by atoms with Crippen molar-refractivity contribution in [3.8, 4) is 0 Å². The highest BCUT2D eigenvalue weighted by atomic mass is 32.1. The summed E-state index contributed by atoms with van der Waals surface area (Å²) in [5, 5.41) is 3.64. The fraction of sp³-hybridized carbons (Fsp3) is 0.562. The zero-order valence-corrected chi connectivity index (χ0v) is 13.3. The highest BCUT2D eigenvalue weighted by molar-refractivity contribution is 7.80. The molecule has 1 aliphatic rings. The lowest BCUT2D eigenvalue weighted by Gasteiger charge is -2.33. The molecule has 4 heteroatoms. The minimum atomic E-state index is 0.468. The van der Waals surface area contributed by atoms with Crippen molar-refractivity contribution in [1.82, 2.24) is 4.90 Å². The van der Waals surface area contributed by atoms with Gasteiger partial charge >= 0.3 is 0 Å². The number of aryl methyl sites for hydroxylation is 1. The molecule has 0 amide bonds. The van der Waals surface area contributed by atoms with Crippen LogP contribution in [0.1, 0.15) is 37.3 Å². The van der Waals surface area contributed by atoms with Crippen molar-refractivity contribution in [2.45, 2.75) is 39.2 Å². The normalized spacial score (nSPS) is 17.1. The Labute approximate surface area is 127 Å². The molecular weight excluding hydrogens is 266 g/mol. The van der Waals surface area contributed by atoms with Gasteiger partial charge in [0.1, 0.15) is 4.99 Å². The Balaban J connectivity index is 2.00. The van der Waals surface area contributed by atoms with E-state index in [0.717, 1.165) is 11.3 Å². The van der Waals surface area contributed by atoms with E-state index in [1.165, 1.54) is 44.5 Å². The maximum absolute atomic E-state index is 5.81. The van der Waals surface area contributed by atoms with E-state index in [1.807, 2.05) is 6.07 Å². The van der Waals surface area contributed by atoms with Crippen LogP contribution in [0.5, 0.6) is 0 Å². The molecule has 0 bridgehead atoms. The van der Waals surface area contributed by atoms with Crippen LogP contribution in [0, 0.1) is 6.92 Å². The minimum absolute atomic E-state index is 0.468. The maximum atomic E-state index is 5.81. The molecule has 110 valence electrons. The standard InChI is InChI=1S/C16H25N3S/c1-3-8-19-9-6-13(7-10-19)18-15-11-12(2)4-5-14(15)16(17)20/h4-5,11,13,18H,3,6-10H2,1-2H3,(H2,17,20). The van der Waals surface area contributed by atoms with Gasteiger partial charge in [-0.25, -0.2) is 0 Å². The van der Waals surface area contributed by atoms with Crippen molar-refractivity contribution in [3.05, 3.63) is 29.3 Å². The van der Waals surface area contributed by atoms with Gasteiger partial charge in [-0.1, -0.05) is 25.2 Å². The highest BCUT2D eigenvalue weighted by Gasteiger charge is 2.19. The van der Waals surface area contributed by atoms with E-state index in [-0.39, 0.29) is 0 Å². The van der Waals surface area contributed by atoms with Gasteiger partial charge in [-0.05, 0) is 50.4 Å². The van der Waals surface area contributed by atoms with E-state index in [4.69, 9.17) is 18.0 Å². The fourth-order valence-corrected chi connectivity index (χ4v) is 3.01. The first-order chi connectivity index (χ1) is 9.60. The van der Waals surface area contributed by atoms with Gasteiger partial charge in [0, 0.05) is 30.4 Å². The summed E-state index contributed by atoms with van der Waals surface area (Å²) in [6.45, 7) is 7.92. The molecule has 3 N–H and O–H groups in total. The van der Waals surface area contributed by atoms with Gasteiger partial charge in [0.25, 0.3) is 0 Å². The Morgan fingerprint density at radius 3 is 2.70 bits per heavy atom. The van der Waals surface area contributed by atoms with Crippen molar-refractivity contribution in [1.29, 1.82) is 0 Å². The lowest BCUT2D eigenvalue weighted by molar-refractivity contribution is 0.219. The molecule has 1 saturated heterocycles. The van der Waals surface area contributed by atoms with Crippen molar-refractivity contribution >= 4 is 22.9 Å². The number of hydrogen-bond donors (Lipinski definition) is 2.